The van der Waals surface area contributed by atoms with Crippen LogP contribution in [0.3, 0.4) is 0 Å². The van der Waals surface area contributed by atoms with Crippen LogP contribution in [0.4, 0.5) is 26.3 Å². The van der Waals surface area contributed by atoms with Crippen LogP contribution in [0.15, 0.2) is 78.9 Å². The highest BCUT2D eigenvalue weighted by molar-refractivity contribution is 5.94. The molecule has 2 atom stereocenters. The van der Waals surface area contributed by atoms with E-state index >= 15 is 0 Å². The molecule has 0 bridgehead atoms. The van der Waals surface area contributed by atoms with Gasteiger partial charge in [0.05, 0.1) is 12.2 Å². The van der Waals surface area contributed by atoms with E-state index in [-0.39, 0.29) is 44.2 Å². The van der Waals surface area contributed by atoms with E-state index in [4.69, 9.17) is 0 Å². The van der Waals surface area contributed by atoms with E-state index in [1.807, 2.05) is 44.2 Å². The van der Waals surface area contributed by atoms with E-state index in [0.717, 1.165) is 95.0 Å². The van der Waals surface area contributed by atoms with Crippen LogP contribution < -0.4 is 5.32 Å². The third kappa shape index (κ3) is 15.0. The van der Waals surface area contributed by atoms with Crippen LogP contribution in [0.5, 0.6) is 0 Å². The molecule has 66 heavy (non-hydrogen) atoms. The van der Waals surface area contributed by atoms with Gasteiger partial charge in [-0.05, 0) is 154 Å². The summed E-state index contributed by atoms with van der Waals surface area (Å²) in [5.74, 6) is -3.61. The lowest BCUT2D eigenvalue weighted by atomic mass is 9.98. The van der Waals surface area contributed by atoms with Crippen molar-refractivity contribution in [2.24, 2.45) is 0 Å². The lowest BCUT2D eigenvalue weighted by molar-refractivity contribution is -0.185. The molecule has 0 aliphatic carbocycles. The number of alkyl halides is 6. The zero-order valence-corrected chi connectivity index (χ0v) is 38.2. The second-order valence-corrected chi connectivity index (χ2v) is 17.3. The highest BCUT2D eigenvalue weighted by atomic mass is 19.4. The summed E-state index contributed by atoms with van der Waals surface area (Å²) in [4.78, 5) is 37.8. The van der Waals surface area contributed by atoms with Gasteiger partial charge in [-0.1, -0.05) is 72.8 Å². The summed E-state index contributed by atoms with van der Waals surface area (Å²) in [6.07, 6.45) is -4.21. The predicted octanol–water partition coefficient (Wildman–Crippen LogP) is 7.75. The third-order valence-corrected chi connectivity index (χ3v) is 12.5. The van der Waals surface area contributed by atoms with Crippen molar-refractivity contribution >= 4 is 17.6 Å². The minimum absolute atomic E-state index is 0.0205. The van der Waals surface area contributed by atoms with Crippen LogP contribution in [0, 0.1) is 0 Å². The Bertz CT molecular complexity index is 2250. The van der Waals surface area contributed by atoms with E-state index in [2.05, 4.69) is 47.6 Å². The Hall–Kier alpha value is -5.09. The summed E-state index contributed by atoms with van der Waals surface area (Å²) in [7, 11) is 2.17. The number of carbonyl (C=O) groups excluding carboxylic acids is 3. The van der Waals surface area contributed by atoms with Crippen molar-refractivity contribution < 1.29 is 50.9 Å². The molecule has 4 aromatic carbocycles. The Morgan fingerprint density at radius 1 is 0.515 bits per heavy atom. The predicted molar refractivity (Wildman–Crippen MR) is 242 cm³/mol. The Balaban J connectivity index is 0.000000166. The van der Waals surface area contributed by atoms with Gasteiger partial charge in [0.15, 0.2) is 5.78 Å². The molecule has 0 spiro atoms. The second kappa shape index (κ2) is 23.6. The van der Waals surface area contributed by atoms with Gasteiger partial charge >= 0.3 is 24.2 Å². The summed E-state index contributed by atoms with van der Waals surface area (Å²) in [5, 5.41) is 22.4. The maximum Gasteiger partial charge on any atom is 0.471 e. The van der Waals surface area contributed by atoms with Gasteiger partial charge in [-0.15, -0.1) is 0 Å². The summed E-state index contributed by atoms with van der Waals surface area (Å²) < 4.78 is 74.2. The van der Waals surface area contributed by atoms with Crippen molar-refractivity contribution in [3.05, 3.63) is 140 Å². The molecule has 8 rings (SSSR count). The average Bonchev–Trinajstić information content (AvgIpc) is 3.82. The fourth-order valence-corrected chi connectivity index (χ4v) is 8.45. The largest absolute Gasteiger partial charge is 0.471 e. The second-order valence-electron chi connectivity index (χ2n) is 17.3. The highest BCUT2D eigenvalue weighted by Crippen LogP contribution is 2.26. The normalized spacial score (nSPS) is 17.2. The fraction of sp³-hybridized carbons (Fsp3) is 0.471. The minimum Gasteiger partial charge on any atom is -0.389 e. The van der Waals surface area contributed by atoms with Crippen LogP contribution in [0.1, 0.15) is 99.0 Å². The monoisotopic (exact) mass is 924 g/mol. The van der Waals surface area contributed by atoms with Gasteiger partial charge in [-0.3, -0.25) is 14.4 Å². The van der Waals surface area contributed by atoms with Crippen molar-refractivity contribution in [3.63, 3.8) is 0 Å². The molecular weight excluding hydrogens is 863 g/mol. The SMILES string of the molecule is CC(=O)c1ccc2c(c1)CCN(C(=O)C(F)(F)F)CC2.CC(O)c1ccc2c(c1)CCN(C)CC2.CC(O)c1ccc2c(c1)CCNCC2.O=C(N1CCc2ccccc2CC1)C(F)(F)F. The minimum atomic E-state index is -4.83. The molecule has 3 N–H and O–H groups in total. The van der Waals surface area contributed by atoms with Crippen LogP contribution in [-0.2, 0) is 61.0 Å². The molecule has 2 amide bonds. The number of hydrogen-bond acceptors (Lipinski definition) is 7. The van der Waals surface area contributed by atoms with E-state index in [1.54, 1.807) is 18.2 Å². The molecule has 15 heteroatoms. The van der Waals surface area contributed by atoms with E-state index in [9.17, 15) is 50.9 Å². The van der Waals surface area contributed by atoms with Crippen LogP contribution >= 0.6 is 0 Å². The maximum absolute atomic E-state index is 12.4. The lowest BCUT2D eigenvalue weighted by Gasteiger charge is -2.21. The van der Waals surface area contributed by atoms with E-state index in [1.165, 1.54) is 29.2 Å². The Kier molecular flexibility index (Phi) is 18.5. The molecule has 0 aromatic heterocycles. The Morgan fingerprint density at radius 2 is 0.864 bits per heavy atom. The van der Waals surface area contributed by atoms with Crippen molar-refractivity contribution in [1.82, 2.24) is 20.0 Å². The van der Waals surface area contributed by atoms with Crippen molar-refractivity contribution in [2.75, 3.05) is 59.4 Å². The summed E-state index contributed by atoms with van der Waals surface area (Å²) in [6.45, 7) is 9.80. The van der Waals surface area contributed by atoms with Gasteiger partial charge in [0.1, 0.15) is 0 Å². The first kappa shape index (κ1) is 51.9. The number of aliphatic hydroxyl groups is 2. The van der Waals surface area contributed by atoms with Gasteiger partial charge in [0, 0.05) is 44.8 Å². The number of likely N-dealkylation sites (N-methyl/N-ethyl adjacent to an activating group) is 1. The Morgan fingerprint density at radius 3 is 1.30 bits per heavy atom. The number of aliphatic hydroxyl groups excluding tert-OH is 2. The van der Waals surface area contributed by atoms with Gasteiger partial charge in [-0.25, -0.2) is 0 Å². The Labute approximate surface area is 383 Å². The summed E-state index contributed by atoms with van der Waals surface area (Å²) in [5.41, 5.74) is 12.1. The molecule has 4 aliphatic rings. The molecule has 0 saturated carbocycles. The molecule has 0 saturated heterocycles. The molecule has 0 radical (unpaired) electrons. The maximum atomic E-state index is 12.4. The first-order valence-corrected chi connectivity index (χ1v) is 22.6. The smallest absolute Gasteiger partial charge is 0.389 e. The number of nitrogens with zero attached hydrogens (tertiary/aromatic N) is 3. The fourth-order valence-electron chi connectivity index (χ4n) is 8.45. The number of benzene rings is 4. The number of fused-ring (bicyclic) bond motifs is 4. The number of nitrogens with one attached hydrogen (secondary N) is 1. The van der Waals surface area contributed by atoms with Gasteiger partial charge in [0.2, 0.25) is 0 Å². The number of Topliss-reactive ketones (excluding diaryl/α,β-unsaturated/α-hetero) is 1. The molecule has 4 aliphatic heterocycles. The molecule has 2 unspecified atom stereocenters. The van der Waals surface area contributed by atoms with Crippen molar-refractivity contribution in [2.45, 2.75) is 96.7 Å². The average molecular weight is 925 g/mol. The first-order valence-electron chi connectivity index (χ1n) is 22.6. The zero-order valence-electron chi connectivity index (χ0n) is 38.2. The summed E-state index contributed by atoms with van der Waals surface area (Å²) >= 11 is 0. The molecule has 9 nitrogen and oxygen atoms in total. The van der Waals surface area contributed by atoms with Gasteiger partial charge in [-0.2, -0.15) is 26.3 Å². The van der Waals surface area contributed by atoms with Crippen LogP contribution in [0.25, 0.3) is 0 Å². The van der Waals surface area contributed by atoms with Gasteiger partial charge in [0.25, 0.3) is 0 Å². The number of ketones is 1. The molecular formula is C51H62F6N4O5. The first-order chi connectivity index (χ1) is 31.2. The molecule has 358 valence electrons. The van der Waals surface area contributed by atoms with Crippen LogP contribution in [0.2, 0.25) is 0 Å². The number of amides is 2. The highest BCUT2D eigenvalue weighted by Gasteiger charge is 2.43. The number of carbonyl (C=O) groups is 3. The number of hydrogen-bond donors (Lipinski definition) is 3. The quantitative estimate of drug-likeness (QED) is 0.142. The lowest BCUT2D eigenvalue weighted by Crippen LogP contribution is -2.42. The van der Waals surface area contributed by atoms with E-state index < -0.39 is 24.2 Å². The number of halogens is 6. The summed E-state index contributed by atoms with van der Waals surface area (Å²) in [6, 6.07) is 25.4. The molecule has 4 aromatic rings. The topological polar surface area (TPSA) is 113 Å². The zero-order chi connectivity index (χ0) is 48.2. The van der Waals surface area contributed by atoms with Crippen molar-refractivity contribution in [1.29, 1.82) is 0 Å². The standard InChI is InChI=1S/C14H14F3NO2.C13H19NO.C12H12F3NO.C12H17NO/c1-9(19)11-3-2-10-4-6-18(7-5-12(10)8-11)13(20)14(15,16)17;1-10(15)12-4-3-11-5-7-14(2)8-6-13(11)9-12;13-12(14,15)11(17)16-7-5-9-3-1-2-4-10(9)6-8-16;1-9(14)11-3-2-10-4-6-13-7-5-12(10)8-11/h2-3,8H,4-7H2,1H3;3-4,9-10,15H,5-8H2,1-2H3;1-4H,5-8H2;2-3,8-9,13-14H,4-7H2,1H3. The molecule has 0 fully saturated rings. The van der Waals surface area contributed by atoms with Gasteiger partial charge < -0.3 is 30.2 Å². The molecule has 4 heterocycles. The van der Waals surface area contributed by atoms with Crippen molar-refractivity contribution in [3.8, 4) is 0 Å². The number of rotatable bonds is 3. The van der Waals surface area contributed by atoms with Crippen LogP contribution in [-0.4, -0.2) is 114 Å². The third-order valence-electron chi connectivity index (χ3n) is 12.5. The van der Waals surface area contributed by atoms with E-state index in [0.29, 0.717) is 31.2 Å².